The Morgan fingerprint density at radius 3 is 2.86 bits per heavy atom. The minimum absolute atomic E-state index is 0.305. The summed E-state index contributed by atoms with van der Waals surface area (Å²) in [6.07, 6.45) is 0. The fraction of sp³-hybridized carbons (Fsp3) is 0.143. The summed E-state index contributed by atoms with van der Waals surface area (Å²) >= 11 is 10.5. The van der Waals surface area contributed by atoms with Crippen LogP contribution < -0.4 is 5.56 Å². The number of fused-ring (bicyclic) bond motifs is 1. The van der Waals surface area contributed by atoms with Gasteiger partial charge < -0.3 is 4.98 Å². The van der Waals surface area contributed by atoms with Crippen molar-refractivity contribution in [2.24, 2.45) is 0 Å². The molecule has 0 fully saturated rings. The fourth-order valence-electron chi connectivity index (χ4n) is 2.06. The molecule has 21 heavy (non-hydrogen) atoms. The molecule has 0 bridgehead atoms. The molecule has 0 aliphatic carbocycles. The molecule has 0 saturated carbocycles. The Balaban J connectivity index is 2.28. The number of halogens is 3. The van der Waals surface area contributed by atoms with Crippen LogP contribution in [-0.2, 0) is 0 Å². The SMILES string of the molecule is CC(Cl)c1nc2scc(-c3ccc(Br)cc3F)c2c(=O)[nH]1. The highest BCUT2D eigenvalue weighted by molar-refractivity contribution is 9.10. The van der Waals surface area contributed by atoms with Gasteiger partial charge in [0.1, 0.15) is 16.5 Å². The zero-order valence-electron chi connectivity index (χ0n) is 10.8. The number of hydrogen-bond donors (Lipinski definition) is 1. The predicted molar refractivity (Wildman–Crippen MR) is 87.6 cm³/mol. The largest absolute Gasteiger partial charge is 0.309 e. The molecule has 1 atom stereocenters. The molecule has 2 heterocycles. The predicted octanol–water partition coefficient (Wildman–Crippen LogP) is 4.85. The minimum Gasteiger partial charge on any atom is -0.309 e. The molecule has 2 aromatic heterocycles. The van der Waals surface area contributed by atoms with Crippen LogP contribution in [0.4, 0.5) is 4.39 Å². The Morgan fingerprint density at radius 1 is 1.43 bits per heavy atom. The van der Waals surface area contributed by atoms with E-state index in [-0.39, 0.29) is 5.56 Å². The van der Waals surface area contributed by atoms with Gasteiger partial charge >= 0.3 is 0 Å². The number of aromatic nitrogens is 2. The summed E-state index contributed by atoms with van der Waals surface area (Å²) in [7, 11) is 0. The Morgan fingerprint density at radius 2 is 2.19 bits per heavy atom. The van der Waals surface area contributed by atoms with Crippen LogP contribution in [0.25, 0.3) is 21.3 Å². The molecule has 0 amide bonds. The van der Waals surface area contributed by atoms with Crippen molar-refractivity contribution in [2.45, 2.75) is 12.3 Å². The molecule has 3 aromatic rings. The fourth-order valence-corrected chi connectivity index (χ4v) is 3.44. The molecule has 1 aromatic carbocycles. The quantitative estimate of drug-likeness (QED) is 0.639. The average Bonchev–Trinajstić information content (AvgIpc) is 2.83. The van der Waals surface area contributed by atoms with Gasteiger partial charge in [0.05, 0.1) is 10.8 Å². The van der Waals surface area contributed by atoms with Gasteiger partial charge in [-0.25, -0.2) is 9.37 Å². The molecular weight excluding hydrogens is 379 g/mol. The molecule has 1 unspecified atom stereocenters. The second-order valence-corrected chi connectivity index (χ2v) is 6.95. The summed E-state index contributed by atoms with van der Waals surface area (Å²) in [5.41, 5.74) is 0.618. The smallest absolute Gasteiger partial charge is 0.260 e. The van der Waals surface area contributed by atoms with E-state index in [1.807, 2.05) is 0 Å². The number of thiophene rings is 1. The van der Waals surface area contributed by atoms with E-state index in [2.05, 4.69) is 25.9 Å². The molecule has 0 spiro atoms. The Kier molecular flexibility index (Phi) is 3.86. The van der Waals surface area contributed by atoms with E-state index < -0.39 is 11.2 Å². The number of nitrogens with one attached hydrogen (secondary N) is 1. The first-order valence-electron chi connectivity index (χ1n) is 6.08. The van der Waals surface area contributed by atoms with Gasteiger partial charge in [0.25, 0.3) is 5.56 Å². The van der Waals surface area contributed by atoms with Crippen molar-refractivity contribution in [3.63, 3.8) is 0 Å². The van der Waals surface area contributed by atoms with Crippen LogP contribution in [0, 0.1) is 5.82 Å². The second kappa shape index (κ2) is 5.51. The molecule has 0 saturated heterocycles. The van der Waals surface area contributed by atoms with Gasteiger partial charge in [0.2, 0.25) is 0 Å². The lowest BCUT2D eigenvalue weighted by atomic mass is 10.1. The van der Waals surface area contributed by atoms with Crippen LogP contribution in [0.3, 0.4) is 0 Å². The maximum Gasteiger partial charge on any atom is 0.260 e. The lowest BCUT2D eigenvalue weighted by Gasteiger charge is -2.04. The van der Waals surface area contributed by atoms with E-state index in [9.17, 15) is 9.18 Å². The van der Waals surface area contributed by atoms with E-state index in [4.69, 9.17) is 11.6 Å². The van der Waals surface area contributed by atoms with Crippen LogP contribution in [-0.4, -0.2) is 9.97 Å². The van der Waals surface area contributed by atoms with Crippen LogP contribution in [0.1, 0.15) is 18.1 Å². The normalized spacial score (nSPS) is 12.8. The van der Waals surface area contributed by atoms with Gasteiger partial charge in [-0.15, -0.1) is 22.9 Å². The number of nitrogens with zero attached hydrogens (tertiary/aromatic N) is 1. The number of aromatic amines is 1. The van der Waals surface area contributed by atoms with Crippen molar-refractivity contribution >= 4 is 49.1 Å². The first-order valence-corrected chi connectivity index (χ1v) is 8.19. The van der Waals surface area contributed by atoms with Crippen molar-refractivity contribution in [2.75, 3.05) is 0 Å². The summed E-state index contributed by atoms with van der Waals surface area (Å²) in [5.74, 6) is 0.0251. The van der Waals surface area contributed by atoms with E-state index >= 15 is 0 Å². The van der Waals surface area contributed by atoms with Crippen molar-refractivity contribution < 1.29 is 4.39 Å². The van der Waals surface area contributed by atoms with E-state index in [0.29, 0.717) is 31.6 Å². The maximum absolute atomic E-state index is 14.1. The van der Waals surface area contributed by atoms with Gasteiger partial charge in [-0.1, -0.05) is 22.0 Å². The number of alkyl halides is 1. The Hall–Kier alpha value is -1.24. The van der Waals surface area contributed by atoms with Crippen LogP contribution >= 0.6 is 38.9 Å². The van der Waals surface area contributed by atoms with Crippen LogP contribution in [0.15, 0.2) is 32.8 Å². The molecule has 108 valence electrons. The molecule has 1 N–H and O–H groups in total. The van der Waals surface area contributed by atoms with Crippen molar-refractivity contribution in [1.29, 1.82) is 0 Å². The third-order valence-electron chi connectivity index (χ3n) is 3.06. The molecule has 7 heteroatoms. The summed E-state index contributed by atoms with van der Waals surface area (Å²) in [6, 6.07) is 4.74. The van der Waals surface area contributed by atoms with Gasteiger partial charge in [0.15, 0.2) is 0 Å². The molecule has 3 rings (SSSR count). The number of hydrogen-bond acceptors (Lipinski definition) is 3. The molecule has 0 radical (unpaired) electrons. The zero-order chi connectivity index (χ0) is 15.1. The van der Waals surface area contributed by atoms with E-state index in [1.54, 1.807) is 24.4 Å². The molecule has 0 aliphatic heterocycles. The molecule has 0 aliphatic rings. The summed E-state index contributed by atoms with van der Waals surface area (Å²) in [6.45, 7) is 1.73. The van der Waals surface area contributed by atoms with Crippen molar-refractivity contribution in [3.05, 3.63) is 50.0 Å². The number of H-pyrrole nitrogens is 1. The first-order chi connectivity index (χ1) is 9.97. The molecule has 3 nitrogen and oxygen atoms in total. The van der Waals surface area contributed by atoms with Gasteiger partial charge in [-0.05, 0) is 19.1 Å². The third-order valence-corrected chi connectivity index (χ3v) is 4.63. The van der Waals surface area contributed by atoms with Crippen LogP contribution in [0.5, 0.6) is 0 Å². The lowest BCUT2D eigenvalue weighted by Crippen LogP contribution is -2.11. The highest BCUT2D eigenvalue weighted by Crippen LogP contribution is 2.33. The summed E-state index contributed by atoms with van der Waals surface area (Å²) in [5, 5.41) is 1.74. The standard InChI is InChI=1S/C14H9BrClFN2OS/c1-6(16)12-18-13(20)11-9(5-21-14(11)19-12)8-3-2-7(15)4-10(8)17/h2-6H,1H3,(H,18,19,20). The topological polar surface area (TPSA) is 45.8 Å². The van der Waals surface area contributed by atoms with E-state index in [1.165, 1.54) is 17.4 Å². The summed E-state index contributed by atoms with van der Waals surface area (Å²) in [4.78, 5) is 19.8. The van der Waals surface area contributed by atoms with Crippen molar-refractivity contribution in [3.8, 4) is 11.1 Å². The average molecular weight is 388 g/mol. The number of benzene rings is 1. The molecular formula is C14H9BrClFN2OS. The highest BCUT2D eigenvalue weighted by Gasteiger charge is 2.16. The monoisotopic (exact) mass is 386 g/mol. The maximum atomic E-state index is 14.1. The van der Waals surface area contributed by atoms with Crippen LogP contribution in [0.2, 0.25) is 0 Å². The van der Waals surface area contributed by atoms with Gasteiger partial charge in [-0.2, -0.15) is 0 Å². The first kappa shape index (κ1) is 14.7. The number of rotatable bonds is 2. The van der Waals surface area contributed by atoms with Gasteiger partial charge in [-0.3, -0.25) is 4.79 Å². The van der Waals surface area contributed by atoms with Gasteiger partial charge in [0, 0.05) is 21.0 Å². The second-order valence-electron chi connectivity index (χ2n) is 4.52. The Bertz CT molecular complexity index is 890. The third kappa shape index (κ3) is 2.63. The summed E-state index contributed by atoms with van der Waals surface area (Å²) < 4.78 is 14.7. The van der Waals surface area contributed by atoms with Crippen molar-refractivity contribution in [1.82, 2.24) is 9.97 Å². The zero-order valence-corrected chi connectivity index (χ0v) is 13.9. The highest BCUT2D eigenvalue weighted by atomic mass is 79.9. The van der Waals surface area contributed by atoms with E-state index in [0.717, 1.165) is 0 Å². The lowest BCUT2D eigenvalue weighted by molar-refractivity contribution is 0.630. The minimum atomic E-state index is -0.392. The Labute approximate surface area is 136 Å².